The molecular formula is C12H16O4S. The second kappa shape index (κ2) is 4.87. The van der Waals surface area contributed by atoms with Crippen LogP contribution in [0.1, 0.15) is 18.1 Å². The van der Waals surface area contributed by atoms with Gasteiger partial charge in [-0.05, 0) is 37.1 Å². The summed E-state index contributed by atoms with van der Waals surface area (Å²) < 4.78 is 28.4. The molecule has 0 radical (unpaired) electrons. The molecule has 17 heavy (non-hydrogen) atoms. The summed E-state index contributed by atoms with van der Waals surface area (Å²) in [6.45, 7) is 3.20. The van der Waals surface area contributed by atoms with Gasteiger partial charge in [-0.25, -0.2) is 8.42 Å². The first-order valence-corrected chi connectivity index (χ1v) is 7.02. The lowest BCUT2D eigenvalue weighted by Gasteiger charge is -2.11. The van der Waals surface area contributed by atoms with Gasteiger partial charge < -0.3 is 4.74 Å². The number of hydrogen-bond acceptors (Lipinski definition) is 4. The zero-order valence-corrected chi connectivity index (χ0v) is 11.2. The first-order chi connectivity index (χ1) is 7.75. The summed E-state index contributed by atoms with van der Waals surface area (Å²) in [5.74, 6) is 0.509. The molecule has 1 aromatic carbocycles. The van der Waals surface area contributed by atoms with Gasteiger partial charge in [0.05, 0.1) is 12.0 Å². The van der Waals surface area contributed by atoms with Gasteiger partial charge >= 0.3 is 0 Å². The topological polar surface area (TPSA) is 60.4 Å². The smallest absolute Gasteiger partial charge is 0.175 e. The number of ether oxygens (including phenoxy) is 1. The van der Waals surface area contributed by atoms with Gasteiger partial charge in [0.15, 0.2) is 9.84 Å². The van der Waals surface area contributed by atoms with E-state index in [4.69, 9.17) is 4.74 Å². The fourth-order valence-electron chi connectivity index (χ4n) is 1.68. The lowest BCUT2D eigenvalue weighted by molar-refractivity contribution is -0.116. The number of aryl methyl sites for hydroxylation is 1. The number of carbonyl (C=O) groups is 1. The summed E-state index contributed by atoms with van der Waals surface area (Å²) >= 11 is 0. The van der Waals surface area contributed by atoms with E-state index < -0.39 is 9.84 Å². The van der Waals surface area contributed by atoms with Gasteiger partial charge in [0.2, 0.25) is 0 Å². The summed E-state index contributed by atoms with van der Waals surface area (Å²) in [5, 5.41) is 0. The van der Waals surface area contributed by atoms with E-state index in [9.17, 15) is 13.2 Å². The van der Waals surface area contributed by atoms with Crippen LogP contribution in [0.25, 0.3) is 0 Å². The highest BCUT2D eigenvalue weighted by molar-refractivity contribution is 7.90. The Labute approximate surface area is 102 Å². The van der Waals surface area contributed by atoms with Crippen molar-refractivity contribution in [1.29, 1.82) is 0 Å². The average Bonchev–Trinajstić information content (AvgIpc) is 2.17. The molecule has 0 amide bonds. The molecule has 0 saturated carbocycles. The molecule has 0 aliphatic heterocycles. The zero-order valence-electron chi connectivity index (χ0n) is 10.4. The zero-order chi connectivity index (χ0) is 13.2. The SMILES string of the molecule is COc1cc(CC(C)=O)c(S(C)(=O)=O)cc1C. The van der Waals surface area contributed by atoms with E-state index in [1.165, 1.54) is 14.0 Å². The van der Waals surface area contributed by atoms with Crippen LogP contribution in [0.2, 0.25) is 0 Å². The Hall–Kier alpha value is -1.36. The maximum Gasteiger partial charge on any atom is 0.175 e. The minimum atomic E-state index is -3.33. The highest BCUT2D eigenvalue weighted by Gasteiger charge is 2.17. The maximum atomic E-state index is 11.6. The molecule has 0 heterocycles. The second-order valence-electron chi connectivity index (χ2n) is 4.08. The van der Waals surface area contributed by atoms with E-state index in [0.29, 0.717) is 11.3 Å². The number of benzene rings is 1. The van der Waals surface area contributed by atoms with Gasteiger partial charge in [0, 0.05) is 12.7 Å². The van der Waals surface area contributed by atoms with Crippen molar-refractivity contribution in [3.8, 4) is 5.75 Å². The molecule has 0 aliphatic rings. The Morgan fingerprint density at radius 2 is 1.94 bits per heavy atom. The van der Waals surface area contributed by atoms with Crippen molar-refractivity contribution in [1.82, 2.24) is 0 Å². The van der Waals surface area contributed by atoms with Crippen molar-refractivity contribution in [3.63, 3.8) is 0 Å². The number of sulfone groups is 1. The largest absolute Gasteiger partial charge is 0.496 e. The third-order valence-corrected chi connectivity index (χ3v) is 3.60. The fraction of sp³-hybridized carbons (Fsp3) is 0.417. The quantitative estimate of drug-likeness (QED) is 0.820. The van der Waals surface area contributed by atoms with Gasteiger partial charge in [0.1, 0.15) is 11.5 Å². The van der Waals surface area contributed by atoms with Crippen LogP contribution >= 0.6 is 0 Å². The number of Topliss-reactive ketones (excluding diaryl/α,β-unsaturated/α-hetero) is 1. The predicted molar refractivity (Wildman–Crippen MR) is 65.2 cm³/mol. The Balaban J connectivity index is 3.47. The van der Waals surface area contributed by atoms with Crippen molar-refractivity contribution >= 4 is 15.6 Å². The number of ketones is 1. The molecule has 0 bridgehead atoms. The summed E-state index contributed by atoms with van der Waals surface area (Å²) in [7, 11) is -1.82. The minimum absolute atomic E-state index is 0.0826. The number of hydrogen-bond donors (Lipinski definition) is 0. The van der Waals surface area contributed by atoms with E-state index >= 15 is 0 Å². The molecule has 0 atom stereocenters. The third-order valence-electron chi connectivity index (χ3n) is 2.42. The first-order valence-electron chi connectivity index (χ1n) is 5.12. The van der Waals surface area contributed by atoms with Crippen molar-refractivity contribution < 1.29 is 17.9 Å². The van der Waals surface area contributed by atoms with E-state index in [-0.39, 0.29) is 17.1 Å². The van der Waals surface area contributed by atoms with Gasteiger partial charge in [-0.15, -0.1) is 0 Å². The Bertz CT molecular complexity index is 544. The molecule has 0 unspecified atom stereocenters. The van der Waals surface area contributed by atoms with Crippen LogP contribution in [0.5, 0.6) is 5.75 Å². The summed E-state index contributed by atoms with van der Waals surface area (Å²) in [6.07, 6.45) is 1.23. The third kappa shape index (κ3) is 3.30. The number of rotatable bonds is 4. The van der Waals surface area contributed by atoms with E-state index in [1.807, 2.05) is 0 Å². The molecule has 0 aromatic heterocycles. The van der Waals surface area contributed by atoms with E-state index in [2.05, 4.69) is 0 Å². The molecule has 0 spiro atoms. The summed E-state index contributed by atoms with van der Waals surface area (Å²) in [5.41, 5.74) is 1.22. The second-order valence-corrected chi connectivity index (χ2v) is 6.06. The van der Waals surface area contributed by atoms with Gasteiger partial charge in [-0.1, -0.05) is 0 Å². The number of carbonyl (C=O) groups excluding carboxylic acids is 1. The molecule has 4 nitrogen and oxygen atoms in total. The van der Waals surface area contributed by atoms with Gasteiger partial charge in [0.25, 0.3) is 0 Å². The van der Waals surface area contributed by atoms with Crippen molar-refractivity contribution in [3.05, 3.63) is 23.3 Å². The number of methoxy groups -OCH3 is 1. The van der Waals surface area contributed by atoms with Crippen LogP contribution in [0.15, 0.2) is 17.0 Å². The highest BCUT2D eigenvalue weighted by atomic mass is 32.2. The van der Waals surface area contributed by atoms with Crippen LogP contribution in [0.4, 0.5) is 0 Å². The molecule has 0 fully saturated rings. The highest BCUT2D eigenvalue weighted by Crippen LogP contribution is 2.26. The van der Waals surface area contributed by atoms with Gasteiger partial charge in [-0.3, -0.25) is 4.79 Å². The molecule has 1 rings (SSSR count). The maximum absolute atomic E-state index is 11.6. The molecule has 0 saturated heterocycles. The van der Waals surface area contributed by atoms with Crippen LogP contribution in [-0.2, 0) is 21.1 Å². The minimum Gasteiger partial charge on any atom is -0.496 e. The lowest BCUT2D eigenvalue weighted by Crippen LogP contribution is -2.07. The summed E-state index contributed by atoms with van der Waals surface area (Å²) in [4.78, 5) is 11.3. The molecule has 94 valence electrons. The van der Waals surface area contributed by atoms with E-state index in [1.54, 1.807) is 19.1 Å². The normalized spacial score (nSPS) is 11.3. The lowest BCUT2D eigenvalue weighted by atomic mass is 10.1. The summed E-state index contributed by atoms with van der Waals surface area (Å²) in [6, 6.07) is 3.17. The van der Waals surface area contributed by atoms with Crippen molar-refractivity contribution in [2.45, 2.75) is 25.2 Å². The molecular weight excluding hydrogens is 240 g/mol. The monoisotopic (exact) mass is 256 g/mol. The molecule has 0 aliphatic carbocycles. The molecule has 1 aromatic rings. The standard InChI is InChI=1S/C12H16O4S/c1-8-5-12(17(4,14)15)10(6-9(2)13)7-11(8)16-3/h5,7H,6H2,1-4H3. The Morgan fingerprint density at radius 1 is 1.35 bits per heavy atom. The van der Waals surface area contributed by atoms with Gasteiger partial charge in [-0.2, -0.15) is 0 Å². The van der Waals surface area contributed by atoms with E-state index in [0.717, 1.165) is 11.8 Å². The van der Waals surface area contributed by atoms with Crippen LogP contribution in [0.3, 0.4) is 0 Å². The average molecular weight is 256 g/mol. The van der Waals surface area contributed by atoms with Crippen molar-refractivity contribution in [2.75, 3.05) is 13.4 Å². The predicted octanol–water partition coefficient (Wildman–Crippen LogP) is 1.54. The Morgan fingerprint density at radius 3 is 2.35 bits per heavy atom. The Kier molecular flexibility index (Phi) is 3.93. The van der Waals surface area contributed by atoms with Crippen LogP contribution < -0.4 is 4.74 Å². The molecule has 5 heteroatoms. The van der Waals surface area contributed by atoms with Crippen LogP contribution in [-0.4, -0.2) is 27.6 Å². The van der Waals surface area contributed by atoms with Crippen molar-refractivity contribution in [2.24, 2.45) is 0 Å². The first kappa shape index (κ1) is 13.7. The molecule has 0 N–H and O–H groups in total. The van der Waals surface area contributed by atoms with Crippen LogP contribution in [0, 0.1) is 6.92 Å². The fourth-order valence-corrected chi connectivity index (χ4v) is 2.67.